The van der Waals surface area contributed by atoms with Crippen molar-refractivity contribution >= 4 is 32.4 Å². The van der Waals surface area contributed by atoms with Crippen LogP contribution in [0.4, 0.5) is 0 Å². The minimum Gasteiger partial charge on any atom is -0.504 e. The van der Waals surface area contributed by atoms with Gasteiger partial charge in [0.2, 0.25) is 12.3 Å². The maximum atomic E-state index is 10.6. The van der Waals surface area contributed by atoms with Crippen molar-refractivity contribution in [3.05, 3.63) is 55.3 Å². The fourth-order valence-corrected chi connectivity index (χ4v) is 3.85. The van der Waals surface area contributed by atoms with Crippen molar-refractivity contribution in [1.29, 1.82) is 0 Å². The fraction of sp³-hybridized carbons (Fsp3) is 0.136. The fourth-order valence-electron chi connectivity index (χ4n) is 3.85. The number of fused-ring (bicyclic) bond motifs is 6. The Kier molecular flexibility index (Phi) is 3.37. The molecule has 3 aromatic carbocycles. The molecule has 1 aliphatic heterocycles. The zero-order valence-electron chi connectivity index (χ0n) is 14.9. The highest BCUT2D eigenvalue weighted by Gasteiger charge is 2.22. The summed E-state index contributed by atoms with van der Waals surface area (Å²) in [6, 6.07) is 11.9. The van der Waals surface area contributed by atoms with E-state index >= 15 is 0 Å². The van der Waals surface area contributed by atoms with Gasteiger partial charge in [0.1, 0.15) is 0 Å². The molecule has 2 heterocycles. The lowest BCUT2D eigenvalue weighted by Gasteiger charge is -2.11. The number of methoxy groups -OCH3 is 1. The molecule has 0 radical (unpaired) electrons. The van der Waals surface area contributed by atoms with Crippen LogP contribution >= 0.6 is 0 Å². The number of allylic oxidation sites excluding steroid dienone is 1. The summed E-state index contributed by atoms with van der Waals surface area (Å²) in [6.07, 6.45) is 3.79. The van der Waals surface area contributed by atoms with Crippen LogP contribution < -0.4 is 18.8 Å². The zero-order valence-corrected chi connectivity index (χ0v) is 14.9. The number of ether oxygens (including phenoxy) is 3. The topological polar surface area (TPSA) is 51.8 Å². The molecular weight excluding hydrogens is 342 g/mol. The Morgan fingerprint density at radius 2 is 1.85 bits per heavy atom. The summed E-state index contributed by atoms with van der Waals surface area (Å²) in [4.78, 5) is 0. The second-order valence-electron chi connectivity index (χ2n) is 6.54. The number of pyridine rings is 1. The van der Waals surface area contributed by atoms with Crippen LogP contribution in [0.3, 0.4) is 0 Å². The number of nitrogens with zero attached hydrogens (tertiary/aromatic N) is 1. The highest BCUT2D eigenvalue weighted by Crippen LogP contribution is 2.41. The summed E-state index contributed by atoms with van der Waals surface area (Å²) in [5, 5.41) is 15.5. The lowest BCUT2D eigenvalue weighted by molar-refractivity contribution is -0.658. The number of phenolic OH excluding ortho intramolecular Hbond substituents is 1. The van der Waals surface area contributed by atoms with Gasteiger partial charge < -0.3 is 19.3 Å². The van der Waals surface area contributed by atoms with Gasteiger partial charge in [0.15, 0.2) is 35.7 Å². The van der Waals surface area contributed by atoms with Crippen LogP contribution in [0.5, 0.6) is 23.0 Å². The molecule has 5 nitrogen and oxygen atoms in total. The van der Waals surface area contributed by atoms with Crippen molar-refractivity contribution in [1.82, 2.24) is 0 Å². The first-order valence-corrected chi connectivity index (χ1v) is 8.70. The van der Waals surface area contributed by atoms with Crippen LogP contribution in [-0.4, -0.2) is 19.0 Å². The monoisotopic (exact) mass is 360 g/mol. The van der Waals surface area contributed by atoms with Gasteiger partial charge in [-0.3, -0.25) is 0 Å². The molecule has 1 N–H and O–H groups in total. The SMILES string of the molecule is C=CC[n+]1cc2c(O)c(OC)ccc2c2ccc3cc4c(cc3c21)OCO4. The van der Waals surface area contributed by atoms with Gasteiger partial charge in [-0.25, -0.2) is 0 Å². The molecule has 0 fully saturated rings. The van der Waals surface area contributed by atoms with E-state index < -0.39 is 0 Å². The molecule has 4 aromatic rings. The maximum Gasteiger partial charge on any atom is 0.231 e. The summed E-state index contributed by atoms with van der Waals surface area (Å²) in [7, 11) is 1.55. The third-order valence-electron chi connectivity index (χ3n) is 5.07. The van der Waals surface area contributed by atoms with Gasteiger partial charge in [-0.1, -0.05) is 12.6 Å². The minimum absolute atomic E-state index is 0.139. The molecule has 0 aliphatic carbocycles. The summed E-state index contributed by atoms with van der Waals surface area (Å²) in [5.74, 6) is 2.11. The molecular formula is C22H18NO4+. The number of phenols is 1. The van der Waals surface area contributed by atoms with E-state index in [4.69, 9.17) is 14.2 Å². The molecule has 5 rings (SSSR count). The van der Waals surface area contributed by atoms with Crippen LogP contribution in [0.25, 0.3) is 32.4 Å². The highest BCUT2D eigenvalue weighted by atomic mass is 16.7. The quantitative estimate of drug-likeness (QED) is 0.340. The molecule has 0 saturated carbocycles. The van der Waals surface area contributed by atoms with E-state index in [1.54, 1.807) is 13.2 Å². The molecule has 0 unspecified atom stereocenters. The second kappa shape index (κ2) is 5.77. The first-order chi connectivity index (χ1) is 13.2. The van der Waals surface area contributed by atoms with Gasteiger partial charge in [-0.05, 0) is 41.8 Å². The molecule has 27 heavy (non-hydrogen) atoms. The Morgan fingerprint density at radius 3 is 2.63 bits per heavy atom. The molecule has 0 saturated heterocycles. The number of hydrogen-bond acceptors (Lipinski definition) is 4. The van der Waals surface area contributed by atoms with Crippen molar-refractivity contribution in [3.8, 4) is 23.0 Å². The van der Waals surface area contributed by atoms with E-state index in [0.717, 1.165) is 43.9 Å². The van der Waals surface area contributed by atoms with E-state index in [1.807, 2.05) is 30.5 Å². The van der Waals surface area contributed by atoms with Crippen LogP contribution in [0.2, 0.25) is 0 Å². The summed E-state index contributed by atoms with van der Waals surface area (Å²) >= 11 is 0. The molecule has 0 bridgehead atoms. The first-order valence-electron chi connectivity index (χ1n) is 8.70. The zero-order chi connectivity index (χ0) is 18.5. The van der Waals surface area contributed by atoms with E-state index in [2.05, 4.69) is 23.3 Å². The number of hydrogen-bond donors (Lipinski definition) is 1. The van der Waals surface area contributed by atoms with Crippen molar-refractivity contribution in [2.75, 3.05) is 13.9 Å². The number of aromatic hydroxyl groups is 1. The Hall–Kier alpha value is -3.47. The van der Waals surface area contributed by atoms with Gasteiger partial charge in [-0.15, -0.1) is 0 Å². The van der Waals surface area contributed by atoms with Crippen molar-refractivity contribution in [3.63, 3.8) is 0 Å². The lowest BCUT2D eigenvalue weighted by Crippen LogP contribution is -2.33. The van der Waals surface area contributed by atoms with E-state index in [1.165, 1.54) is 0 Å². The summed E-state index contributed by atoms with van der Waals surface area (Å²) in [5.41, 5.74) is 1.06. The van der Waals surface area contributed by atoms with Gasteiger partial charge in [0.25, 0.3) is 0 Å². The van der Waals surface area contributed by atoms with Gasteiger partial charge in [-0.2, -0.15) is 4.57 Å². The molecule has 5 heteroatoms. The maximum absolute atomic E-state index is 10.6. The van der Waals surface area contributed by atoms with Crippen LogP contribution in [0.1, 0.15) is 0 Å². The lowest BCUT2D eigenvalue weighted by atomic mass is 10.00. The van der Waals surface area contributed by atoms with Crippen molar-refractivity contribution < 1.29 is 23.9 Å². The number of aromatic nitrogens is 1. The highest BCUT2D eigenvalue weighted by molar-refractivity contribution is 6.15. The van der Waals surface area contributed by atoms with Gasteiger partial charge >= 0.3 is 0 Å². The van der Waals surface area contributed by atoms with E-state index in [9.17, 15) is 5.11 Å². The Morgan fingerprint density at radius 1 is 1.07 bits per heavy atom. The minimum atomic E-state index is 0.139. The third kappa shape index (κ3) is 2.21. The normalized spacial score (nSPS) is 12.8. The Bertz CT molecular complexity index is 1250. The van der Waals surface area contributed by atoms with Crippen molar-refractivity contribution in [2.24, 2.45) is 0 Å². The molecule has 134 valence electrons. The Balaban J connectivity index is 1.97. The van der Waals surface area contributed by atoms with Gasteiger partial charge in [0.05, 0.1) is 23.3 Å². The largest absolute Gasteiger partial charge is 0.504 e. The van der Waals surface area contributed by atoms with E-state index in [-0.39, 0.29) is 12.5 Å². The standard InChI is InChI=1S/C22H17NO4/c1-3-8-23-11-17-14(6-7-18(25-2)22(17)24)15-5-4-13-9-19-20(27-12-26-19)10-16(13)21(15)23/h3-7,9-11H,1,8,12H2,2H3/p+1. The number of rotatable bonds is 3. The van der Waals surface area contributed by atoms with Crippen molar-refractivity contribution in [2.45, 2.75) is 6.54 Å². The average molecular weight is 360 g/mol. The van der Waals surface area contributed by atoms with Crippen LogP contribution in [-0.2, 0) is 6.54 Å². The predicted octanol–water partition coefficient (Wildman–Crippen LogP) is 4.06. The molecule has 0 spiro atoms. The second-order valence-corrected chi connectivity index (χ2v) is 6.54. The molecule has 1 aromatic heterocycles. The number of benzene rings is 3. The first kappa shape index (κ1) is 15.8. The van der Waals surface area contributed by atoms with Crippen LogP contribution in [0, 0.1) is 0 Å². The van der Waals surface area contributed by atoms with Gasteiger partial charge in [0, 0.05) is 5.39 Å². The van der Waals surface area contributed by atoms with Crippen LogP contribution in [0.15, 0.2) is 55.3 Å². The van der Waals surface area contributed by atoms with E-state index in [0.29, 0.717) is 12.3 Å². The smallest absolute Gasteiger partial charge is 0.231 e. The third-order valence-corrected chi connectivity index (χ3v) is 5.07. The summed E-state index contributed by atoms with van der Waals surface area (Å²) < 4.78 is 18.5. The summed E-state index contributed by atoms with van der Waals surface area (Å²) in [6.45, 7) is 4.73. The average Bonchev–Trinajstić information content (AvgIpc) is 3.14. The Labute approximate surface area is 155 Å². The molecule has 0 amide bonds. The molecule has 0 atom stereocenters. The molecule has 1 aliphatic rings. The predicted molar refractivity (Wildman–Crippen MR) is 104 cm³/mol.